The van der Waals surface area contributed by atoms with E-state index in [4.69, 9.17) is 9.84 Å². The lowest BCUT2D eigenvalue weighted by Crippen LogP contribution is -2.01. The predicted octanol–water partition coefficient (Wildman–Crippen LogP) is 2.65. The molecule has 0 atom stereocenters. The van der Waals surface area contributed by atoms with E-state index < -0.39 is 41.2 Å². The van der Waals surface area contributed by atoms with Crippen LogP contribution in [0.15, 0.2) is 30.3 Å². The highest BCUT2D eigenvalue weighted by atomic mass is 19.1. The summed E-state index contributed by atoms with van der Waals surface area (Å²) in [5, 5.41) is 29.4. The first-order valence-electron chi connectivity index (χ1n) is 6.11. The molecule has 0 aromatic heterocycles. The van der Waals surface area contributed by atoms with Crippen LogP contribution in [0.2, 0.25) is 0 Å². The average molecular weight is 311 g/mol. The molecule has 8 heteroatoms. The highest BCUT2D eigenvalue weighted by Crippen LogP contribution is 2.35. The zero-order valence-corrected chi connectivity index (χ0v) is 11.1. The zero-order valence-electron chi connectivity index (χ0n) is 11.1. The quantitative estimate of drug-likeness (QED) is 0.654. The van der Waals surface area contributed by atoms with E-state index in [2.05, 4.69) is 0 Å². The van der Waals surface area contributed by atoms with Gasteiger partial charge in [-0.05, 0) is 29.3 Å². The van der Waals surface area contributed by atoms with Gasteiger partial charge in [0.1, 0.15) is 5.82 Å². The molecule has 2 N–H and O–H groups in total. The number of nitrogens with zero attached hydrogens (tertiary/aromatic N) is 1. The van der Waals surface area contributed by atoms with Crippen LogP contribution in [0.5, 0.6) is 11.5 Å². The number of rotatable bonds is 5. The molecule has 0 bridgehead atoms. The Morgan fingerprint density at radius 3 is 2.23 bits per heavy atom. The molecule has 0 heterocycles. The molecule has 2 aromatic carbocycles. The molecular weight excluding hydrogens is 300 g/mol. The van der Waals surface area contributed by atoms with Crippen molar-refractivity contribution in [2.75, 3.05) is 0 Å². The van der Waals surface area contributed by atoms with Crippen molar-refractivity contribution in [1.82, 2.24) is 0 Å². The Morgan fingerprint density at radius 1 is 1.05 bits per heavy atom. The monoisotopic (exact) mass is 311 g/mol. The van der Waals surface area contributed by atoms with E-state index in [1.807, 2.05) is 0 Å². The van der Waals surface area contributed by atoms with E-state index >= 15 is 0 Å². The van der Waals surface area contributed by atoms with Crippen LogP contribution in [0, 0.1) is 21.7 Å². The second-order valence-corrected chi connectivity index (χ2v) is 4.34. The van der Waals surface area contributed by atoms with Gasteiger partial charge in [-0.25, -0.2) is 8.78 Å². The molecule has 0 unspecified atom stereocenters. The summed E-state index contributed by atoms with van der Waals surface area (Å²) in [6, 6.07) is 4.68. The van der Waals surface area contributed by atoms with Crippen LogP contribution >= 0.6 is 0 Å². The third-order valence-corrected chi connectivity index (χ3v) is 2.93. The van der Waals surface area contributed by atoms with Gasteiger partial charge in [-0.3, -0.25) is 10.1 Å². The van der Waals surface area contributed by atoms with E-state index in [1.54, 1.807) is 0 Å². The second kappa shape index (κ2) is 6.46. The first-order valence-corrected chi connectivity index (χ1v) is 6.11. The summed E-state index contributed by atoms with van der Waals surface area (Å²) in [6.45, 7) is -1.00. The van der Waals surface area contributed by atoms with Crippen LogP contribution in [0.4, 0.5) is 14.5 Å². The molecule has 2 rings (SSSR count). The number of aliphatic hydroxyl groups is 2. The Kier molecular flexibility index (Phi) is 4.64. The van der Waals surface area contributed by atoms with E-state index in [-0.39, 0.29) is 16.9 Å². The van der Waals surface area contributed by atoms with Gasteiger partial charge in [0, 0.05) is 12.1 Å². The number of benzene rings is 2. The molecule has 0 saturated heterocycles. The minimum atomic E-state index is -1.02. The van der Waals surface area contributed by atoms with Gasteiger partial charge in [0.2, 0.25) is 5.75 Å². The van der Waals surface area contributed by atoms with E-state index in [9.17, 15) is 24.0 Å². The first kappa shape index (κ1) is 15.8. The standard InChI is InChI=1S/C14H11F2NO5/c15-10-1-2-13(11(16)5-10)22-14-4-9(7-19)8(6-18)3-12(14)17(20)21/h1-5,18-19H,6-7H2. The van der Waals surface area contributed by atoms with Crippen LogP contribution in [0.25, 0.3) is 0 Å². The number of aliphatic hydroxyl groups excluding tert-OH is 2. The number of halogens is 2. The average Bonchev–Trinajstić information content (AvgIpc) is 2.49. The molecule has 2 aromatic rings. The molecule has 0 aliphatic rings. The minimum Gasteiger partial charge on any atom is -0.447 e. The molecule has 22 heavy (non-hydrogen) atoms. The minimum absolute atomic E-state index is 0.154. The highest BCUT2D eigenvalue weighted by molar-refractivity contribution is 5.53. The fourth-order valence-corrected chi connectivity index (χ4v) is 1.85. The highest BCUT2D eigenvalue weighted by Gasteiger charge is 2.21. The summed E-state index contributed by atoms with van der Waals surface area (Å²) in [6.07, 6.45) is 0. The van der Waals surface area contributed by atoms with E-state index in [0.29, 0.717) is 6.07 Å². The van der Waals surface area contributed by atoms with E-state index in [1.165, 1.54) is 0 Å². The molecule has 0 aliphatic carbocycles. The number of nitro groups is 1. The number of hydrogen-bond donors (Lipinski definition) is 2. The second-order valence-electron chi connectivity index (χ2n) is 4.34. The molecule has 0 spiro atoms. The normalized spacial score (nSPS) is 10.5. The molecule has 0 saturated carbocycles. The van der Waals surface area contributed by atoms with Crippen molar-refractivity contribution in [3.8, 4) is 11.5 Å². The molecule has 0 radical (unpaired) electrons. The summed E-state index contributed by atoms with van der Waals surface area (Å²) in [7, 11) is 0. The third kappa shape index (κ3) is 3.18. The molecule has 116 valence electrons. The fourth-order valence-electron chi connectivity index (χ4n) is 1.85. The van der Waals surface area contributed by atoms with Crippen LogP contribution in [-0.4, -0.2) is 15.1 Å². The predicted molar refractivity (Wildman–Crippen MR) is 71.4 cm³/mol. The van der Waals surface area contributed by atoms with Crippen molar-refractivity contribution in [2.24, 2.45) is 0 Å². The summed E-state index contributed by atoms with van der Waals surface area (Å²) in [4.78, 5) is 10.3. The zero-order chi connectivity index (χ0) is 16.3. The molecule has 0 aliphatic heterocycles. The summed E-state index contributed by atoms with van der Waals surface area (Å²) in [5.41, 5.74) is -0.156. The lowest BCUT2D eigenvalue weighted by atomic mass is 10.1. The number of nitro benzene ring substituents is 1. The smallest absolute Gasteiger partial charge is 0.311 e. The lowest BCUT2D eigenvalue weighted by molar-refractivity contribution is -0.385. The SMILES string of the molecule is O=[N+]([O-])c1cc(CO)c(CO)cc1Oc1ccc(F)cc1F. The number of ether oxygens (including phenoxy) is 1. The summed E-state index contributed by atoms with van der Waals surface area (Å²) >= 11 is 0. The maximum Gasteiger partial charge on any atom is 0.311 e. The van der Waals surface area contributed by atoms with Crippen LogP contribution in [0.3, 0.4) is 0 Å². The molecule has 0 fully saturated rings. The Hall–Kier alpha value is -2.58. The van der Waals surface area contributed by atoms with Crippen LogP contribution < -0.4 is 4.74 Å². The van der Waals surface area contributed by atoms with Gasteiger partial charge in [0.05, 0.1) is 18.1 Å². The van der Waals surface area contributed by atoms with Gasteiger partial charge in [0.25, 0.3) is 0 Å². The first-order chi connectivity index (χ1) is 10.5. The third-order valence-electron chi connectivity index (χ3n) is 2.93. The Labute approximate surface area is 123 Å². The topological polar surface area (TPSA) is 92.8 Å². The summed E-state index contributed by atoms with van der Waals surface area (Å²) in [5.74, 6) is -2.56. The summed E-state index contributed by atoms with van der Waals surface area (Å²) < 4.78 is 31.5. The van der Waals surface area contributed by atoms with Gasteiger partial charge >= 0.3 is 5.69 Å². The van der Waals surface area contributed by atoms with Crippen molar-refractivity contribution in [2.45, 2.75) is 13.2 Å². The van der Waals surface area contributed by atoms with Gasteiger partial charge in [-0.1, -0.05) is 0 Å². The van der Waals surface area contributed by atoms with Crippen LogP contribution in [0.1, 0.15) is 11.1 Å². The largest absolute Gasteiger partial charge is 0.447 e. The van der Waals surface area contributed by atoms with Crippen molar-refractivity contribution in [3.05, 3.63) is 63.2 Å². The van der Waals surface area contributed by atoms with E-state index in [0.717, 1.165) is 24.3 Å². The molecule has 6 nitrogen and oxygen atoms in total. The Morgan fingerprint density at radius 2 is 1.68 bits per heavy atom. The van der Waals surface area contributed by atoms with Gasteiger partial charge < -0.3 is 14.9 Å². The number of hydrogen-bond acceptors (Lipinski definition) is 5. The fraction of sp³-hybridized carbons (Fsp3) is 0.143. The van der Waals surface area contributed by atoms with Crippen molar-refractivity contribution in [1.29, 1.82) is 0 Å². The van der Waals surface area contributed by atoms with Crippen molar-refractivity contribution in [3.63, 3.8) is 0 Å². The maximum atomic E-state index is 13.6. The van der Waals surface area contributed by atoms with Crippen molar-refractivity contribution < 1.29 is 28.7 Å². The Balaban J connectivity index is 2.50. The molecular formula is C14H11F2NO5. The van der Waals surface area contributed by atoms with Crippen molar-refractivity contribution >= 4 is 5.69 Å². The van der Waals surface area contributed by atoms with Gasteiger partial charge in [-0.2, -0.15) is 0 Å². The Bertz CT molecular complexity index is 721. The maximum absolute atomic E-state index is 13.6. The van der Waals surface area contributed by atoms with Gasteiger partial charge in [-0.15, -0.1) is 0 Å². The molecule has 0 amide bonds. The lowest BCUT2D eigenvalue weighted by Gasteiger charge is -2.11. The van der Waals surface area contributed by atoms with Gasteiger partial charge in [0.15, 0.2) is 11.6 Å². The van der Waals surface area contributed by atoms with Crippen LogP contribution in [-0.2, 0) is 13.2 Å².